The molecular formula is C13H24N2O. The summed E-state index contributed by atoms with van der Waals surface area (Å²) in [4.78, 5) is 14.2. The third kappa shape index (κ3) is 2.69. The molecule has 1 unspecified atom stereocenters. The molecule has 1 saturated carbocycles. The first-order valence-electron chi connectivity index (χ1n) is 6.88. The van der Waals surface area contributed by atoms with Crippen molar-refractivity contribution in [3.05, 3.63) is 0 Å². The van der Waals surface area contributed by atoms with Crippen molar-refractivity contribution in [3.8, 4) is 0 Å². The maximum Gasteiger partial charge on any atom is 0.317 e. The summed E-state index contributed by atoms with van der Waals surface area (Å²) in [5.74, 6) is 0. The number of nitrogens with one attached hydrogen (secondary N) is 1. The van der Waals surface area contributed by atoms with Gasteiger partial charge >= 0.3 is 6.03 Å². The van der Waals surface area contributed by atoms with Gasteiger partial charge in [-0.1, -0.05) is 19.8 Å². The zero-order valence-corrected chi connectivity index (χ0v) is 10.4. The SMILES string of the molecule is CCC1CCCCCN1C(=O)NC1CCC1. The van der Waals surface area contributed by atoms with Crippen molar-refractivity contribution in [2.45, 2.75) is 70.4 Å². The van der Waals surface area contributed by atoms with Crippen LogP contribution < -0.4 is 5.32 Å². The lowest BCUT2D eigenvalue weighted by molar-refractivity contribution is 0.164. The molecule has 0 aromatic heterocycles. The molecule has 2 amide bonds. The van der Waals surface area contributed by atoms with E-state index in [2.05, 4.69) is 17.1 Å². The lowest BCUT2D eigenvalue weighted by Crippen LogP contribution is -2.50. The average Bonchev–Trinajstić information content (AvgIpc) is 2.47. The number of nitrogens with zero attached hydrogens (tertiary/aromatic N) is 1. The van der Waals surface area contributed by atoms with Gasteiger partial charge in [-0.25, -0.2) is 4.79 Å². The summed E-state index contributed by atoms with van der Waals surface area (Å²) < 4.78 is 0. The topological polar surface area (TPSA) is 32.3 Å². The quantitative estimate of drug-likeness (QED) is 0.768. The summed E-state index contributed by atoms with van der Waals surface area (Å²) in [5, 5.41) is 3.17. The van der Waals surface area contributed by atoms with Crippen molar-refractivity contribution in [2.75, 3.05) is 6.54 Å². The van der Waals surface area contributed by atoms with Crippen LogP contribution in [0.15, 0.2) is 0 Å². The number of hydrogen-bond acceptors (Lipinski definition) is 1. The molecule has 0 bridgehead atoms. The van der Waals surface area contributed by atoms with Gasteiger partial charge in [0.05, 0.1) is 0 Å². The molecule has 1 saturated heterocycles. The summed E-state index contributed by atoms with van der Waals surface area (Å²) in [7, 11) is 0. The molecule has 2 rings (SSSR count). The first-order chi connectivity index (χ1) is 7.81. The molecule has 0 spiro atoms. The predicted molar refractivity (Wildman–Crippen MR) is 65.4 cm³/mol. The molecule has 3 nitrogen and oxygen atoms in total. The molecule has 0 radical (unpaired) electrons. The van der Waals surface area contributed by atoms with Gasteiger partial charge < -0.3 is 10.2 Å². The Morgan fingerprint density at radius 1 is 1.19 bits per heavy atom. The zero-order chi connectivity index (χ0) is 11.4. The molecule has 0 aromatic carbocycles. The first kappa shape index (κ1) is 11.7. The molecule has 16 heavy (non-hydrogen) atoms. The maximum absolute atomic E-state index is 12.1. The zero-order valence-electron chi connectivity index (χ0n) is 10.4. The Morgan fingerprint density at radius 3 is 2.62 bits per heavy atom. The van der Waals surface area contributed by atoms with Crippen molar-refractivity contribution in [1.29, 1.82) is 0 Å². The van der Waals surface area contributed by atoms with Gasteiger partial charge in [0, 0.05) is 18.6 Å². The second-order valence-corrected chi connectivity index (χ2v) is 5.18. The lowest BCUT2D eigenvalue weighted by atomic mass is 9.93. The fraction of sp³-hybridized carbons (Fsp3) is 0.923. The van der Waals surface area contributed by atoms with Crippen LogP contribution in [0.2, 0.25) is 0 Å². The van der Waals surface area contributed by atoms with Crippen LogP contribution >= 0.6 is 0 Å². The Labute approximate surface area is 98.6 Å². The number of urea groups is 1. The Kier molecular flexibility index (Phi) is 4.08. The van der Waals surface area contributed by atoms with Crippen molar-refractivity contribution in [1.82, 2.24) is 10.2 Å². The van der Waals surface area contributed by atoms with E-state index in [0.29, 0.717) is 12.1 Å². The second kappa shape index (κ2) is 5.55. The molecule has 3 heteroatoms. The van der Waals surface area contributed by atoms with Crippen LogP contribution in [-0.2, 0) is 0 Å². The minimum atomic E-state index is 0.193. The van der Waals surface area contributed by atoms with Crippen molar-refractivity contribution in [2.24, 2.45) is 0 Å². The number of carbonyl (C=O) groups excluding carboxylic acids is 1. The predicted octanol–water partition coefficient (Wildman–Crippen LogP) is 2.90. The average molecular weight is 224 g/mol. The van der Waals surface area contributed by atoms with Crippen LogP contribution in [0.25, 0.3) is 0 Å². The molecule has 2 aliphatic rings. The van der Waals surface area contributed by atoms with E-state index in [9.17, 15) is 4.79 Å². The summed E-state index contributed by atoms with van der Waals surface area (Å²) in [6.45, 7) is 3.15. The number of carbonyl (C=O) groups is 1. The summed E-state index contributed by atoms with van der Waals surface area (Å²) in [6.07, 6.45) is 9.66. The van der Waals surface area contributed by atoms with Crippen LogP contribution in [-0.4, -0.2) is 29.6 Å². The van der Waals surface area contributed by atoms with E-state index in [1.807, 2.05) is 0 Å². The van der Waals surface area contributed by atoms with Gasteiger partial charge in [-0.2, -0.15) is 0 Å². The number of likely N-dealkylation sites (tertiary alicyclic amines) is 1. The molecular weight excluding hydrogens is 200 g/mol. The normalized spacial score (nSPS) is 27.1. The molecule has 1 atom stereocenters. The van der Waals surface area contributed by atoms with E-state index in [0.717, 1.165) is 13.0 Å². The van der Waals surface area contributed by atoms with Crippen LogP contribution in [0.5, 0.6) is 0 Å². The van der Waals surface area contributed by atoms with E-state index in [1.54, 1.807) is 0 Å². The Balaban J connectivity index is 1.89. The highest BCUT2D eigenvalue weighted by Crippen LogP contribution is 2.22. The van der Waals surface area contributed by atoms with Gasteiger partial charge in [0.2, 0.25) is 0 Å². The highest BCUT2D eigenvalue weighted by molar-refractivity contribution is 5.75. The van der Waals surface area contributed by atoms with Crippen molar-refractivity contribution in [3.63, 3.8) is 0 Å². The van der Waals surface area contributed by atoms with E-state index < -0.39 is 0 Å². The standard InChI is InChI=1S/C13H24N2O/c1-2-12-9-4-3-5-10-15(12)13(16)14-11-7-6-8-11/h11-12H,2-10H2,1H3,(H,14,16). The van der Waals surface area contributed by atoms with Crippen LogP contribution in [0.3, 0.4) is 0 Å². The van der Waals surface area contributed by atoms with E-state index >= 15 is 0 Å². The third-order valence-electron chi connectivity index (χ3n) is 4.04. The van der Waals surface area contributed by atoms with Gasteiger partial charge in [0.1, 0.15) is 0 Å². The molecule has 92 valence electrons. The number of amides is 2. The van der Waals surface area contributed by atoms with Gasteiger partial charge in [0.15, 0.2) is 0 Å². The Hall–Kier alpha value is -0.730. The van der Waals surface area contributed by atoms with Gasteiger partial charge in [0.25, 0.3) is 0 Å². The van der Waals surface area contributed by atoms with E-state index in [-0.39, 0.29) is 6.03 Å². The molecule has 1 aliphatic heterocycles. The lowest BCUT2D eigenvalue weighted by Gasteiger charge is -2.34. The Morgan fingerprint density at radius 2 is 2.00 bits per heavy atom. The molecule has 0 aromatic rings. The monoisotopic (exact) mass is 224 g/mol. The minimum Gasteiger partial charge on any atom is -0.335 e. The Bertz CT molecular complexity index is 238. The van der Waals surface area contributed by atoms with Gasteiger partial charge in [-0.15, -0.1) is 0 Å². The maximum atomic E-state index is 12.1. The fourth-order valence-corrected chi connectivity index (χ4v) is 2.68. The third-order valence-corrected chi connectivity index (χ3v) is 4.04. The first-order valence-corrected chi connectivity index (χ1v) is 6.88. The largest absolute Gasteiger partial charge is 0.335 e. The van der Waals surface area contributed by atoms with E-state index in [4.69, 9.17) is 0 Å². The van der Waals surface area contributed by atoms with Gasteiger partial charge in [-0.3, -0.25) is 0 Å². The van der Waals surface area contributed by atoms with Crippen LogP contribution in [0.1, 0.15) is 58.3 Å². The van der Waals surface area contributed by atoms with E-state index in [1.165, 1.54) is 44.9 Å². The number of rotatable bonds is 2. The second-order valence-electron chi connectivity index (χ2n) is 5.18. The van der Waals surface area contributed by atoms with Crippen LogP contribution in [0.4, 0.5) is 4.79 Å². The minimum absolute atomic E-state index is 0.193. The van der Waals surface area contributed by atoms with Crippen molar-refractivity contribution < 1.29 is 4.79 Å². The molecule has 1 heterocycles. The molecule has 2 fully saturated rings. The fourth-order valence-electron chi connectivity index (χ4n) is 2.68. The summed E-state index contributed by atoms with van der Waals surface area (Å²) in [5.41, 5.74) is 0. The summed E-state index contributed by atoms with van der Waals surface area (Å²) >= 11 is 0. The molecule has 1 aliphatic carbocycles. The van der Waals surface area contributed by atoms with Crippen LogP contribution in [0, 0.1) is 0 Å². The molecule has 1 N–H and O–H groups in total. The van der Waals surface area contributed by atoms with Gasteiger partial charge in [-0.05, 0) is 38.5 Å². The smallest absolute Gasteiger partial charge is 0.317 e. The highest BCUT2D eigenvalue weighted by atomic mass is 16.2. The highest BCUT2D eigenvalue weighted by Gasteiger charge is 2.27. The van der Waals surface area contributed by atoms with Crippen molar-refractivity contribution >= 4 is 6.03 Å². The number of hydrogen-bond donors (Lipinski definition) is 1. The summed E-state index contributed by atoms with van der Waals surface area (Å²) in [6, 6.07) is 1.13.